The Kier molecular flexibility index (Phi) is 3.11. The predicted molar refractivity (Wildman–Crippen MR) is 81.9 cm³/mol. The molecule has 108 valence electrons. The van der Waals surface area contributed by atoms with Gasteiger partial charge in [0.05, 0.1) is 0 Å². The molecule has 4 aliphatic rings. The lowest BCUT2D eigenvalue weighted by molar-refractivity contribution is 0.124. The van der Waals surface area contributed by atoms with E-state index in [1.165, 1.54) is 0 Å². The van der Waals surface area contributed by atoms with Gasteiger partial charge in [0.2, 0.25) is 0 Å². The Bertz CT molecular complexity index is 307. The molecule has 0 heterocycles. The Balaban J connectivity index is 1.61. The van der Waals surface area contributed by atoms with E-state index < -0.39 is 0 Å². The molecule has 1 nitrogen and oxygen atoms in total. The van der Waals surface area contributed by atoms with E-state index in [-0.39, 0.29) is 9.76 Å². The van der Waals surface area contributed by atoms with Crippen LogP contribution in [0.1, 0.15) is 71.1 Å². The summed E-state index contributed by atoms with van der Waals surface area (Å²) in [5, 5.41) is 0. The summed E-state index contributed by atoms with van der Waals surface area (Å²) >= 11 is 0. The van der Waals surface area contributed by atoms with Gasteiger partial charge < -0.3 is 4.43 Å². The lowest BCUT2D eigenvalue weighted by atomic mass is 9.67. The molecule has 0 amide bonds. The fraction of sp³-hybridized carbons (Fsp3) is 1.00. The third-order valence-corrected chi connectivity index (χ3v) is 10.3. The first kappa shape index (κ1) is 12.9. The van der Waals surface area contributed by atoms with E-state index in [4.69, 9.17) is 4.43 Å². The number of fused-ring (bicyclic) bond motifs is 4. The third kappa shape index (κ3) is 1.89. The van der Waals surface area contributed by atoms with Gasteiger partial charge in [-0.1, -0.05) is 0 Å². The number of rotatable bonds is 5. The molecule has 0 radical (unpaired) electrons. The predicted octanol–water partition coefficient (Wildman–Crippen LogP) is 4.06. The highest BCUT2D eigenvalue weighted by atomic mass is 28.2. The van der Waals surface area contributed by atoms with Crippen LogP contribution in [0.25, 0.3) is 0 Å². The van der Waals surface area contributed by atoms with E-state index in [1.54, 1.807) is 64.2 Å². The second-order valence-electron chi connectivity index (χ2n) is 8.23. The molecule has 0 aromatic heterocycles. The van der Waals surface area contributed by atoms with E-state index in [0.29, 0.717) is 0 Å². The van der Waals surface area contributed by atoms with E-state index in [9.17, 15) is 0 Å². The average Bonchev–Trinajstić information content (AvgIpc) is 3.19. The Hall–Kier alpha value is 0.177. The molecule has 4 saturated carbocycles. The van der Waals surface area contributed by atoms with E-state index in [1.807, 2.05) is 0 Å². The average molecular weight is 279 g/mol. The Morgan fingerprint density at radius 2 is 1.42 bits per heavy atom. The Labute approximate surface area is 120 Å². The van der Waals surface area contributed by atoms with Gasteiger partial charge in [0.1, 0.15) is 0 Å². The molecule has 0 aromatic carbocycles. The van der Waals surface area contributed by atoms with Crippen LogP contribution in [-0.2, 0) is 4.43 Å². The summed E-state index contributed by atoms with van der Waals surface area (Å²) in [6.45, 7) is 3.18. The van der Waals surface area contributed by atoms with Gasteiger partial charge in [0.15, 0.2) is 9.76 Å². The molecule has 0 atom stereocenters. The van der Waals surface area contributed by atoms with Crippen molar-refractivity contribution in [2.45, 2.75) is 76.7 Å². The molecule has 0 spiro atoms. The van der Waals surface area contributed by atoms with E-state index in [2.05, 4.69) is 6.92 Å². The first-order valence-corrected chi connectivity index (χ1v) is 10.2. The highest BCUT2D eigenvalue weighted by Crippen LogP contribution is 2.70. The second-order valence-corrected chi connectivity index (χ2v) is 9.79. The summed E-state index contributed by atoms with van der Waals surface area (Å²) in [4.78, 5) is 0. The van der Waals surface area contributed by atoms with Gasteiger partial charge in [-0.2, -0.15) is 0 Å². The van der Waals surface area contributed by atoms with Crippen molar-refractivity contribution in [3.8, 4) is 0 Å². The van der Waals surface area contributed by atoms with Crippen LogP contribution in [0.15, 0.2) is 0 Å². The topological polar surface area (TPSA) is 9.23 Å². The molecule has 19 heavy (non-hydrogen) atoms. The van der Waals surface area contributed by atoms with Crippen LogP contribution in [0, 0.1) is 22.7 Å². The Morgan fingerprint density at radius 1 is 0.947 bits per heavy atom. The molecule has 4 rings (SSSR count). The van der Waals surface area contributed by atoms with E-state index in [0.717, 1.165) is 34.8 Å². The molecule has 0 N–H and O–H groups in total. The quantitative estimate of drug-likeness (QED) is 0.689. The molecule has 4 fully saturated rings. The van der Waals surface area contributed by atoms with Crippen molar-refractivity contribution in [2.75, 3.05) is 6.61 Å². The van der Waals surface area contributed by atoms with Gasteiger partial charge in [-0.15, -0.1) is 0 Å². The molecular weight excluding hydrogens is 248 g/mol. The highest BCUT2D eigenvalue weighted by Gasteiger charge is 2.59. The molecule has 0 saturated heterocycles. The summed E-state index contributed by atoms with van der Waals surface area (Å²) in [6.07, 6.45) is 15.6. The molecule has 2 heteroatoms. The molecule has 4 bridgehead atoms. The monoisotopic (exact) mass is 278 g/mol. The fourth-order valence-electron chi connectivity index (χ4n) is 6.69. The summed E-state index contributed by atoms with van der Waals surface area (Å²) in [6, 6.07) is 0. The van der Waals surface area contributed by atoms with Crippen molar-refractivity contribution < 1.29 is 4.43 Å². The van der Waals surface area contributed by atoms with Crippen molar-refractivity contribution >= 4 is 9.76 Å². The van der Waals surface area contributed by atoms with Crippen LogP contribution in [0.3, 0.4) is 0 Å². The van der Waals surface area contributed by atoms with Crippen LogP contribution in [0.2, 0.25) is 5.54 Å². The second kappa shape index (κ2) is 4.59. The van der Waals surface area contributed by atoms with Crippen molar-refractivity contribution in [3.05, 3.63) is 0 Å². The Morgan fingerprint density at radius 3 is 1.74 bits per heavy atom. The van der Waals surface area contributed by atoms with Crippen LogP contribution in [0.4, 0.5) is 0 Å². The minimum atomic E-state index is -0.316. The van der Waals surface area contributed by atoms with Crippen LogP contribution < -0.4 is 0 Å². The van der Waals surface area contributed by atoms with Gasteiger partial charge in [-0.25, -0.2) is 0 Å². The number of hydrogen-bond donors (Lipinski definition) is 0. The van der Waals surface area contributed by atoms with Gasteiger partial charge in [0.25, 0.3) is 0 Å². The third-order valence-electron chi connectivity index (χ3n) is 7.56. The van der Waals surface area contributed by atoms with Crippen LogP contribution in [-0.4, -0.2) is 16.4 Å². The number of hydrogen-bond acceptors (Lipinski definition) is 1. The normalized spacial score (nSPS) is 49.7. The zero-order valence-corrected chi connectivity index (χ0v) is 14.0. The lowest BCUT2D eigenvalue weighted by Gasteiger charge is -2.46. The van der Waals surface area contributed by atoms with Crippen molar-refractivity contribution in [3.63, 3.8) is 0 Å². The summed E-state index contributed by atoms with van der Waals surface area (Å²) in [5.41, 5.74) is 2.58. The maximum absolute atomic E-state index is 6.15. The molecule has 0 aromatic rings. The fourth-order valence-corrected chi connectivity index (χ4v) is 9.02. The zero-order chi connectivity index (χ0) is 12.9. The first-order valence-electron chi connectivity index (χ1n) is 8.84. The summed E-state index contributed by atoms with van der Waals surface area (Å²) < 4.78 is 6.15. The molecule has 0 unspecified atom stereocenters. The molecule has 4 aliphatic carbocycles. The SMILES string of the molecule is CCO[SiH2]C(C12CCC(CC1)C2)C12CCC(CC1)C2. The van der Waals surface area contributed by atoms with Crippen LogP contribution >= 0.6 is 0 Å². The highest BCUT2D eigenvalue weighted by molar-refractivity contribution is 6.30. The van der Waals surface area contributed by atoms with Crippen LogP contribution in [0.5, 0.6) is 0 Å². The minimum absolute atomic E-state index is 0.316. The van der Waals surface area contributed by atoms with Gasteiger partial charge >= 0.3 is 0 Å². The summed E-state index contributed by atoms with van der Waals surface area (Å²) in [5.74, 6) is 2.21. The minimum Gasteiger partial charge on any atom is -0.424 e. The molecular formula is C17H30OSi. The van der Waals surface area contributed by atoms with Gasteiger partial charge in [-0.05, 0) is 99.3 Å². The maximum atomic E-state index is 6.15. The zero-order valence-electron chi connectivity index (χ0n) is 12.6. The van der Waals surface area contributed by atoms with Crippen molar-refractivity contribution in [1.29, 1.82) is 0 Å². The van der Waals surface area contributed by atoms with Gasteiger partial charge in [0, 0.05) is 6.61 Å². The molecule has 0 aliphatic heterocycles. The summed E-state index contributed by atoms with van der Waals surface area (Å²) in [7, 11) is -0.316. The largest absolute Gasteiger partial charge is 0.424 e. The smallest absolute Gasteiger partial charge is 0.165 e. The lowest BCUT2D eigenvalue weighted by Crippen LogP contribution is -2.38. The standard InChI is InChI=1S/C17H30OSi/c1-2-18-19-15(16-7-3-13(11-16)4-8-16)17-9-5-14(12-17)6-10-17/h13-15H,2-12,19H2,1H3. The first-order chi connectivity index (χ1) is 9.26. The van der Waals surface area contributed by atoms with Crippen molar-refractivity contribution in [1.82, 2.24) is 0 Å². The van der Waals surface area contributed by atoms with E-state index >= 15 is 0 Å². The maximum Gasteiger partial charge on any atom is 0.165 e. The van der Waals surface area contributed by atoms with Gasteiger partial charge in [-0.3, -0.25) is 0 Å². The van der Waals surface area contributed by atoms with Crippen molar-refractivity contribution in [2.24, 2.45) is 22.7 Å².